The first kappa shape index (κ1) is 18.2. The van der Waals surface area contributed by atoms with Crippen LogP contribution in [0.4, 0.5) is 10.5 Å². The van der Waals surface area contributed by atoms with Crippen LogP contribution in [0.1, 0.15) is 10.4 Å². The number of halogens is 4. The molecule has 0 aliphatic rings. The van der Waals surface area contributed by atoms with Crippen LogP contribution in [0.5, 0.6) is 5.75 Å². The van der Waals surface area contributed by atoms with Gasteiger partial charge in [-0.05, 0) is 30.3 Å². The van der Waals surface area contributed by atoms with Gasteiger partial charge in [-0.3, -0.25) is 5.32 Å². The van der Waals surface area contributed by atoms with E-state index >= 15 is 0 Å². The van der Waals surface area contributed by atoms with E-state index in [1.165, 1.54) is 0 Å². The highest BCUT2D eigenvalue weighted by Gasteiger charge is 2.15. The van der Waals surface area contributed by atoms with Crippen molar-refractivity contribution in [3.8, 4) is 5.75 Å². The molecule has 3 rings (SSSR count). The minimum Gasteiger partial charge on any atom is -0.410 e. The highest BCUT2D eigenvalue weighted by molar-refractivity contribution is 6.44. The first-order chi connectivity index (χ1) is 12.0. The van der Waals surface area contributed by atoms with Gasteiger partial charge in [0, 0.05) is 26.4 Å². The van der Waals surface area contributed by atoms with Gasteiger partial charge in [0.05, 0.1) is 5.69 Å². The number of alkyl halides is 2. The van der Waals surface area contributed by atoms with E-state index in [-0.39, 0.29) is 5.75 Å². The summed E-state index contributed by atoms with van der Waals surface area (Å²) in [6.07, 6.45) is -0.667. The molecule has 0 saturated carbocycles. The number of fused-ring (bicyclic) bond motifs is 1. The van der Waals surface area contributed by atoms with E-state index in [0.717, 1.165) is 10.8 Å². The number of para-hydroxylation sites is 1. The van der Waals surface area contributed by atoms with Crippen molar-refractivity contribution in [3.63, 3.8) is 0 Å². The molecule has 0 bridgehead atoms. The van der Waals surface area contributed by atoms with E-state index in [0.29, 0.717) is 21.3 Å². The van der Waals surface area contributed by atoms with Crippen molar-refractivity contribution in [2.24, 2.45) is 0 Å². The Morgan fingerprint density at radius 1 is 0.960 bits per heavy atom. The summed E-state index contributed by atoms with van der Waals surface area (Å²) >= 11 is 24.0. The summed E-state index contributed by atoms with van der Waals surface area (Å²) in [5.41, 5.74) is 1.06. The molecule has 0 heterocycles. The predicted octanol–water partition coefficient (Wildman–Crippen LogP) is 7.23. The van der Waals surface area contributed by atoms with Crippen LogP contribution in [0.15, 0.2) is 54.6 Å². The van der Waals surface area contributed by atoms with Crippen LogP contribution < -0.4 is 10.1 Å². The van der Waals surface area contributed by atoms with Gasteiger partial charge in [0.2, 0.25) is 0 Å². The number of anilines is 1. The van der Waals surface area contributed by atoms with Crippen LogP contribution in [-0.4, -0.2) is 6.09 Å². The van der Waals surface area contributed by atoms with Crippen LogP contribution in [0.25, 0.3) is 10.8 Å². The largest absolute Gasteiger partial charge is 0.417 e. The molecule has 128 valence electrons. The number of rotatable bonds is 3. The summed E-state index contributed by atoms with van der Waals surface area (Å²) in [6.45, 7) is 0. The second kappa shape index (κ2) is 7.71. The quantitative estimate of drug-likeness (QED) is 0.459. The van der Waals surface area contributed by atoms with Crippen LogP contribution in [0.3, 0.4) is 0 Å². The summed E-state index contributed by atoms with van der Waals surface area (Å²) in [6, 6.07) is 15.4. The fourth-order valence-electron chi connectivity index (χ4n) is 2.38. The Balaban J connectivity index is 1.87. The lowest BCUT2D eigenvalue weighted by molar-refractivity contribution is 0.215. The van der Waals surface area contributed by atoms with E-state index in [4.69, 9.17) is 51.1 Å². The van der Waals surface area contributed by atoms with Crippen LogP contribution >= 0.6 is 46.4 Å². The van der Waals surface area contributed by atoms with Crippen molar-refractivity contribution in [3.05, 3.63) is 70.2 Å². The Bertz CT molecular complexity index is 944. The second-order valence-corrected chi connectivity index (χ2v) is 7.08. The van der Waals surface area contributed by atoms with Crippen molar-refractivity contribution in [1.82, 2.24) is 0 Å². The Hall–Kier alpha value is -1.65. The maximum absolute atomic E-state index is 12.3. The van der Waals surface area contributed by atoms with E-state index in [2.05, 4.69) is 5.32 Å². The number of hydrogen-bond donors (Lipinski definition) is 1. The number of ether oxygens (including phenoxy) is 1. The second-order valence-electron chi connectivity index (χ2n) is 5.14. The van der Waals surface area contributed by atoms with Gasteiger partial charge in [-0.2, -0.15) is 0 Å². The molecule has 0 aliphatic heterocycles. The van der Waals surface area contributed by atoms with Crippen LogP contribution in [0, 0.1) is 0 Å². The van der Waals surface area contributed by atoms with E-state index in [9.17, 15) is 4.79 Å². The summed E-state index contributed by atoms with van der Waals surface area (Å²) in [7, 11) is 0. The van der Waals surface area contributed by atoms with Crippen molar-refractivity contribution >= 4 is 69.0 Å². The molecule has 1 N–H and O–H groups in total. The Kier molecular flexibility index (Phi) is 5.60. The molecule has 3 aromatic rings. The van der Waals surface area contributed by atoms with E-state index in [1.54, 1.807) is 54.6 Å². The number of carbonyl (C=O) groups excluding carboxylic acids is 1. The lowest BCUT2D eigenvalue weighted by Crippen LogP contribution is -2.17. The molecule has 3 nitrogen and oxygen atoms in total. The molecular weight excluding hydrogens is 404 g/mol. The molecule has 0 radical (unpaired) electrons. The molecular formula is C18H11Cl4NO2. The highest BCUT2D eigenvalue weighted by atomic mass is 35.5. The van der Waals surface area contributed by atoms with Gasteiger partial charge < -0.3 is 4.74 Å². The maximum Gasteiger partial charge on any atom is 0.417 e. The fourth-order valence-corrected chi connectivity index (χ4v) is 3.14. The maximum atomic E-state index is 12.3. The SMILES string of the molecule is O=C(Nc1ccc(Cl)c2cc(Cl)ccc12)Oc1ccccc1C(Cl)Cl. The number of nitrogens with one attached hydrogen (secondary N) is 1. The molecule has 1 amide bonds. The molecule has 0 unspecified atom stereocenters. The van der Waals surface area contributed by atoms with E-state index < -0.39 is 10.9 Å². The molecule has 0 aliphatic carbocycles. The van der Waals surface area contributed by atoms with Gasteiger partial charge in [-0.1, -0.05) is 70.7 Å². The smallest absolute Gasteiger partial charge is 0.410 e. The number of carbonyl (C=O) groups is 1. The van der Waals surface area contributed by atoms with Gasteiger partial charge in [0.25, 0.3) is 0 Å². The lowest BCUT2D eigenvalue weighted by Gasteiger charge is -2.13. The topological polar surface area (TPSA) is 38.3 Å². The molecule has 25 heavy (non-hydrogen) atoms. The van der Waals surface area contributed by atoms with Crippen molar-refractivity contribution in [2.75, 3.05) is 5.32 Å². The summed E-state index contributed by atoms with van der Waals surface area (Å²) in [5, 5.41) is 5.26. The highest BCUT2D eigenvalue weighted by Crippen LogP contribution is 2.34. The molecule has 0 saturated heterocycles. The minimum absolute atomic E-state index is 0.288. The third-order valence-electron chi connectivity index (χ3n) is 3.52. The fraction of sp³-hybridized carbons (Fsp3) is 0.0556. The van der Waals surface area contributed by atoms with Gasteiger partial charge in [0.15, 0.2) is 0 Å². The molecule has 0 atom stereocenters. The molecule has 7 heteroatoms. The number of amides is 1. The molecule has 0 spiro atoms. The third kappa shape index (κ3) is 4.13. The van der Waals surface area contributed by atoms with Gasteiger partial charge >= 0.3 is 6.09 Å². The minimum atomic E-state index is -0.803. The Morgan fingerprint density at radius 3 is 2.48 bits per heavy atom. The van der Waals surface area contributed by atoms with Gasteiger partial charge in [0.1, 0.15) is 10.6 Å². The third-order valence-corrected chi connectivity index (χ3v) is 4.55. The van der Waals surface area contributed by atoms with Gasteiger partial charge in [-0.25, -0.2) is 4.79 Å². The summed E-state index contributed by atoms with van der Waals surface area (Å²) in [4.78, 5) is 11.5. The number of benzene rings is 3. The zero-order valence-corrected chi connectivity index (χ0v) is 15.6. The number of hydrogen-bond acceptors (Lipinski definition) is 2. The first-order valence-corrected chi connectivity index (χ1v) is 8.82. The normalized spacial score (nSPS) is 10.9. The Morgan fingerprint density at radius 2 is 1.72 bits per heavy atom. The van der Waals surface area contributed by atoms with Crippen molar-refractivity contribution in [2.45, 2.75) is 4.84 Å². The first-order valence-electron chi connectivity index (χ1n) is 7.19. The van der Waals surface area contributed by atoms with Gasteiger partial charge in [-0.15, -0.1) is 0 Å². The molecule has 0 fully saturated rings. The van der Waals surface area contributed by atoms with Crippen LogP contribution in [-0.2, 0) is 0 Å². The van der Waals surface area contributed by atoms with Crippen molar-refractivity contribution < 1.29 is 9.53 Å². The molecule has 0 aromatic heterocycles. The van der Waals surface area contributed by atoms with E-state index in [1.807, 2.05) is 0 Å². The predicted molar refractivity (Wildman–Crippen MR) is 105 cm³/mol. The van der Waals surface area contributed by atoms with Crippen molar-refractivity contribution in [1.29, 1.82) is 0 Å². The average molecular weight is 415 g/mol. The standard InChI is InChI=1S/C18H11Cl4NO2/c19-10-5-6-11-13(9-10)14(20)7-8-15(11)23-18(24)25-16-4-2-1-3-12(16)17(21)22/h1-9,17H,(H,23,24). The Labute approximate surface area is 164 Å². The zero-order valence-electron chi connectivity index (χ0n) is 12.6. The summed E-state index contributed by atoms with van der Waals surface area (Å²) in [5.74, 6) is 0.288. The average Bonchev–Trinajstić information content (AvgIpc) is 2.58. The van der Waals surface area contributed by atoms with Crippen LogP contribution in [0.2, 0.25) is 10.0 Å². The monoisotopic (exact) mass is 413 g/mol. The summed E-state index contributed by atoms with van der Waals surface area (Å²) < 4.78 is 5.34. The lowest BCUT2D eigenvalue weighted by atomic mass is 10.1. The molecule has 3 aromatic carbocycles. The zero-order chi connectivity index (χ0) is 18.0.